The Morgan fingerprint density at radius 2 is 1.71 bits per heavy atom. The van der Waals surface area contributed by atoms with E-state index in [1.807, 2.05) is 0 Å². The minimum Gasteiger partial charge on any atom is -0.496 e. The van der Waals surface area contributed by atoms with Crippen molar-refractivity contribution in [3.8, 4) is 5.75 Å². The zero-order chi connectivity index (χ0) is 15.0. The number of benzene rings is 2. The van der Waals surface area contributed by atoms with Crippen molar-refractivity contribution < 1.29 is 4.74 Å². The van der Waals surface area contributed by atoms with Crippen LogP contribution in [0.5, 0.6) is 5.75 Å². The van der Waals surface area contributed by atoms with Gasteiger partial charge in [-0.3, -0.25) is 0 Å². The van der Waals surface area contributed by atoms with Gasteiger partial charge >= 0.3 is 0 Å². The van der Waals surface area contributed by atoms with Gasteiger partial charge in [0.25, 0.3) is 0 Å². The second-order valence-corrected chi connectivity index (χ2v) is 6.13. The molecule has 0 spiro atoms. The normalized spacial score (nSPS) is 17.3. The maximum atomic E-state index is 6.68. The summed E-state index contributed by atoms with van der Waals surface area (Å²) in [6, 6.07) is 14.9. The maximum Gasteiger partial charge on any atom is 0.126 e. The molecule has 2 N–H and O–H groups in total. The smallest absolute Gasteiger partial charge is 0.126 e. The molecule has 0 radical (unpaired) electrons. The summed E-state index contributed by atoms with van der Waals surface area (Å²) in [6.07, 6.45) is 2.29. The molecule has 2 heteroatoms. The molecule has 2 aromatic rings. The Kier molecular flexibility index (Phi) is 3.50. The topological polar surface area (TPSA) is 35.2 Å². The van der Waals surface area contributed by atoms with Crippen molar-refractivity contribution in [1.29, 1.82) is 0 Å². The summed E-state index contributed by atoms with van der Waals surface area (Å²) < 4.78 is 5.66. The van der Waals surface area contributed by atoms with Crippen LogP contribution in [0, 0.1) is 13.8 Å². The van der Waals surface area contributed by atoms with Crippen molar-refractivity contribution in [3.63, 3.8) is 0 Å². The summed E-state index contributed by atoms with van der Waals surface area (Å²) in [4.78, 5) is 0. The molecule has 1 fully saturated rings. The third kappa shape index (κ3) is 2.24. The highest BCUT2D eigenvalue weighted by molar-refractivity contribution is 5.50. The molecule has 0 aliphatic heterocycles. The van der Waals surface area contributed by atoms with Gasteiger partial charge in [-0.15, -0.1) is 0 Å². The number of hydrogen-bond donors (Lipinski definition) is 1. The monoisotopic (exact) mass is 281 g/mol. The van der Waals surface area contributed by atoms with E-state index < -0.39 is 0 Å². The van der Waals surface area contributed by atoms with Crippen molar-refractivity contribution in [3.05, 3.63) is 64.7 Å². The Morgan fingerprint density at radius 3 is 2.29 bits per heavy atom. The van der Waals surface area contributed by atoms with Crippen LogP contribution in [0.3, 0.4) is 0 Å². The Hall–Kier alpha value is -1.80. The molecule has 1 atom stereocenters. The van der Waals surface area contributed by atoms with E-state index in [0.717, 1.165) is 24.2 Å². The van der Waals surface area contributed by atoms with Crippen molar-refractivity contribution in [2.24, 2.45) is 5.73 Å². The van der Waals surface area contributed by atoms with Gasteiger partial charge in [-0.05, 0) is 43.4 Å². The van der Waals surface area contributed by atoms with Gasteiger partial charge in [-0.25, -0.2) is 0 Å². The molecular formula is C19H23NO. The SMILES string of the molecule is COc1c(C(N)C2(c3ccccc3)CC2)ccc(C)c1C. The van der Waals surface area contributed by atoms with E-state index in [9.17, 15) is 0 Å². The number of nitrogens with two attached hydrogens (primary N) is 1. The van der Waals surface area contributed by atoms with Crippen LogP contribution in [-0.2, 0) is 5.41 Å². The van der Waals surface area contributed by atoms with Gasteiger partial charge in [0, 0.05) is 17.0 Å². The number of aryl methyl sites for hydroxylation is 1. The van der Waals surface area contributed by atoms with Crippen LogP contribution in [0.1, 0.15) is 41.1 Å². The molecule has 2 aromatic carbocycles. The van der Waals surface area contributed by atoms with E-state index in [-0.39, 0.29) is 11.5 Å². The molecule has 110 valence electrons. The molecule has 2 nitrogen and oxygen atoms in total. The molecular weight excluding hydrogens is 258 g/mol. The molecule has 1 saturated carbocycles. The summed E-state index contributed by atoms with van der Waals surface area (Å²) >= 11 is 0. The lowest BCUT2D eigenvalue weighted by atomic mass is 9.83. The third-order valence-corrected chi connectivity index (χ3v) is 4.98. The Morgan fingerprint density at radius 1 is 1.05 bits per heavy atom. The first-order chi connectivity index (χ1) is 10.1. The summed E-state index contributed by atoms with van der Waals surface area (Å²) in [5.41, 5.74) is 11.7. The Bertz CT molecular complexity index is 644. The van der Waals surface area contributed by atoms with Crippen LogP contribution in [0.15, 0.2) is 42.5 Å². The number of hydrogen-bond acceptors (Lipinski definition) is 2. The van der Waals surface area contributed by atoms with Gasteiger partial charge in [-0.2, -0.15) is 0 Å². The summed E-state index contributed by atoms with van der Waals surface area (Å²) in [7, 11) is 1.74. The fraction of sp³-hybridized carbons (Fsp3) is 0.368. The Labute approximate surface area is 126 Å². The zero-order valence-electron chi connectivity index (χ0n) is 13.0. The lowest BCUT2D eigenvalue weighted by Gasteiger charge is -2.27. The second-order valence-electron chi connectivity index (χ2n) is 6.13. The van der Waals surface area contributed by atoms with Gasteiger partial charge < -0.3 is 10.5 Å². The molecule has 0 amide bonds. The van der Waals surface area contributed by atoms with Crippen molar-refractivity contribution in [2.75, 3.05) is 7.11 Å². The lowest BCUT2D eigenvalue weighted by molar-refractivity contribution is 0.395. The molecule has 1 aliphatic carbocycles. The average Bonchev–Trinajstić information content (AvgIpc) is 3.32. The van der Waals surface area contributed by atoms with Crippen LogP contribution in [-0.4, -0.2) is 7.11 Å². The van der Waals surface area contributed by atoms with E-state index in [0.29, 0.717) is 0 Å². The number of methoxy groups -OCH3 is 1. The van der Waals surface area contributed by atoms with Gasteiger partial charge in [-0.1, -0.05) is 42.5 Å². The predicted molar refractivity (Wildman–Crippen MR) is 86.8 cm³/mol. The van der Waals surface area contributed by atoms with E-state index in [1.165, 1.54) is 16.7 Å². The van der Waals surface area contributed by atoms with Crippen molar-refractivity contribution in [2.45, 2.75) is 38.1 Å². The second kappa shape index (κ2) is 5.19. The number of ether oxygens (including phenoxy) is 1. The first kappa shape index (κ1) is 14.2. The fourth-order valence-corrected chi connectivity index (χ4v) is 3.31. The van der Waals surface area contributed by atoms with E-state index in [4.69, 9.17) is 10.5 Å². The molecule has 0 aromatic heterocycles. The highest BCUT2D eigenvalue weighted by Crippen LogP contribution is 2.56. The first-order valence-corrected chi connectivity index (χ1v) is 7.55. The van der Waals surface area contributed by atoms with Crippen LogP contribution < -0.4 is 10.5 Å². The first-order valence-electron chi connectivity index (χ1n) is 7.55. The average molecular weight is 281 g/mol. The molecule has 1 unspecified atom stereocenters. The van der Waals surface area contributed by atoms with Crippen LogP contribution in [0.25, 0.3) is 0 Å². The maximum absolute atomic E-state index is 6.68. The van der Waals surface area contributed by atoms with E-state index in [2.05, 4.69) is 56.3 Å². The molecule has 0 heterocycles. The van der Waals surface area contributed by atoms with Gasteiger partial charge in [0.2, 0.25) is 0 Å². The lowest BCUT2D eigenvalue weighted by Crippen LogP contribution is -2.27. The highest BCUT2D eigenvalue weighted by atomic mass is 16.5. The molecule has 21 heavy (non-hydrogen) atoms. The van der Waals surface area contributed by atoms with Crippen molar-refractivity contribution in [1.82, 2.24) is 0 Å². The minimum absolute atomic E-state index is 0.0193. The van der Waals surface area contributed by atoms with Crippen LogP contribution in [0.2, 0.25) is 0 Å². The van der Waals surface area contributed by atoms with Crippen LogP contribution >= 0.6 is 0 Å². The molecule has 0 bridgehead atoms. The van der Waals surface area contributed by atoms with Gasteiger partial charge in [0.15, 0.2) is 0 Å². The largest absolute Gasteiger partial charge is 0.496 e. The van der Waals surface area contributed by atoms with E-state index >= 15 is 0 Å². The molecule has 3 rings (SSSR count). The summed E-state index contributed by atoms with van der Waals surface area (Å²) in [6.45, 7) is 4.21. The molecule has 0 saturated heterocycles. The summed E-state index contributed by atoms with van der Waals surface area (Å²) in [5, 5.41) is 0. The zero-order valence-corrected chi connectivity index (χ0v) is 13.0. The van der Waals surface area contributed by atoms with Crippen molar-refractivity contribution >= 4 is 0 Å². The number of rotatable bonds is 4. The quantitative estimate of drug-likeness (QED) is 0.917. The van der Waals surface area contributed by atoms with E-state index in [1.54, 1.807) is 7.11 Å². The predicted octanol–water partition coefficient (Wildman–Crippen LogP) is 4.04. The van der Waals surface area contributed by atoms with Gasteiger partial charge in [0.05, 0.1) is 7.11 Å². The summed E-state index contributed by atoms with van der Waals surface area (Å²) in [5.74, 6) is 0.949. The standard InChI is InChI=1S/C19H23NO/c1-13-9-10-16(17(21-3)14(13)2)18(20)19(11-12-19)15-7-5-4-6-8-15/h4-10,18H,11-12,20H2,1-3H3. The van der Waals surface area contributed by atoms with Crippen LogP contribution in [0.4, 0.5) is 0 Å². The molecule has 1 aliphatic rings. The Balaban J connectivity index is 2.04. The van der Waals surface area contributed by atoms with Gasteiger partial charge in [0.1, 0.15) is 5.75 Å². The third-order valence-electron chi connectivity index (χ3n) is 4.98. The highest BCUT2D eigenvalue weighted by Gasteiger charge is 2.50. The minimum atomic E-state index is -0.0193. The fourth-order valence-electron chi connectivity index (χ4n) is 3.31.